The molecule has 1 N–H and O–H groups in total. The summed E-state index contributed by atoms with van der Waals surface area (Å²) in [5.74, 6) is -0.371. The van der Waals surface area contributed by atoms with Gasteiger partial charge in [-0.2, -0.15) is 0 Å². The number of carbonyl (C=O) groups is 2. The van der Waals surface area contributed by atoms with Gasteiger partial charge < -0.3 is 10.1 Å². The van der Waals surface area contributed by atoms with Crippen molar-refractivity contribution < 1.29 is 14.3 Å². The van der Waals surface area contributed by atoms with Crippen molar-refractivity contribution in [3.05, 3.63) is 29.8 Å². The molecule has 0 unspecified atom stereocenters. The number of urea groups is 1. The second-order valence-electron chi connectivity index (χ2n) is 5.72. The number of hydrogen-bond donors (Lipinski definition) is 1. The Balaban J connectivity index is 2.16. The number of benzene rings is 1. The Morgan fingerprint density at radius 2 is 2.09 bits per heavy atom. The first-order chi connectivity index (χ1) is 10.6. The van der Waals surface area contributed by atoms with Crippen molar-refractivity contribution >= 4 is 17.7 Å². The van der Waals surface area contributed by atoms with Crippen LogP contribution in [0.25, 0.3) is 0 Å². The van der Waals surface area contributed by atoms with Gasteiger partial charge >= 0.3 is 12.0 Å². The zero-order valence-electron chi connectivity index (χ0n) is 13.5. The Labute approximate surface area is 131 Å². The van der Waals surface area contributed by atoms with E-state index >= 15 is 0 Å². The van der Waals surface area contributed by atoms with E-state index in [4.69, 9.17) is 4.74 Å². The van der Waals surface area contributed by atoms with Crippen molar-refractivity contribution in [3.8, 4) is 0 Å². The molecule has 0 aromatic heterocycles. The van der Waals surface area contributed by atoms with Crippen LogP contribution in [0, 0.1) is 5.92 Å². The maximum atomic E-state index is 12.6. The highest BCUT2D eigenvalue weighted by atomic mass is 16.5. The number of carbonyl (C=O) groups excluding carboxylic acids is 2. The van der Waals surface area contributed by atoms with Crippen LogP contribution in [0.15, 0.2) is 24.3 Å². The topological polar surface area (TPSA) is 58.6 Å². The molecule has 0 spiro atoms. The van der Waals surface area contributed by atoms with Crippen LogP contribution < -0.4 is 10.2 Å². The van der Waals surface area contributed by atoms with Gasteiger partial charge in [-0.1, -0.05) is 38.5 Å². The third-order valence-electron chi connectivity index (χ3n) is 4.30. The SMILES string of the molecule is CC[C@@H](C)[C@H](NC(=O)N1CCCc2ccccc21)C(=O)OC. The van der Waals surface area contributed by atoms with Crippen molar-refractivity contribution in [3.63, 3.8) is 0 Å². The number of rotatable bonds is 4. The minimum absolute atomic E-state index is 0.0245. The third kappa shape index (κ3) is 3.40. The number of ether oxygens (including phenoxy) is 1. The second-order valence-corrected chi connectivity index (χ2v) is 5.72. The van der Waals surface area contributed by atoms with Gasteiger partial charge in [0.1, 0.15) is 6.04 Å². The second kappa shape index (κ2) is 7.29. The molecule has 120 valence electrons. The molecule has 2 rings (SSSR count). The zero-order chi connectivity index (χ0) is 16.1. The molecule has 0 fully saturated rings. The lowest BCUT2D eigenvalue weighted by Gasteiger charge is -2.31. The summed E-state index contributed by atoms with van der Waals surface area (Å²) in [6, 6.07) is 7.05. The fraction of sp³-hybridized carbons (Fsp3) is 0.529. The summed E-state index contributed by atoms with van der Waals surface area (Å²) in [4.78, 5) is 26.3. The number of methoxy groups -OCH3 is 1. The molecular formula is C17H24N2O3. The number of aryl methyl sites for hydroxylation is 1. The molecular weight excluding hydrogens is 280 g/mol. The van der Waals surface area contributed by atoms with Crippen LogP contribution in [0.1, 0.15) is 32.3 Å². The highest BCUT2D eigenvalue weighted by Crippen LogP contribution is 2.26. The number of fused-ring (bicyclic) bond motifs is 1. The first-order valence-electron chi connectivity index (χ1n) is 7.82. The van der Waals surface area contributed by atoms with Crippen LogP contribution in [0.5, 0.6) is 0 Å². The summed E-state index contributed by atoms with van der Waals surface area (Å²) < 4.78 is 4.82. The maximum Gasteiger partial charge on any atom is 0.328 e. The van der Waals surface area contributed by atoms with Gasteiger partial charge in [0.15, 0.2) is 0 Å². The van der Waals surface area contributed by atoms with Crippen molar-refractivity contribution in [1.82, 2.24) is 5.32 Å². The van der Waals surface area contributed by atoms with Crippen LogP contribution in [-0.2, 0) is 16.0 Å². The van der Waals surface area contributed by atoms with E-state index in [0.29, 0.717) is 6.54 Å². The normalized spacial score (nSPS) is 16.4. The Bertz CT molecular complexity index is 544. The lowest BCUT2D eigenvalue weighted by molar-refractivity contribution is -0.144. The number of para-hydroxylation sites is 1. The Hall–Kier alpha value is -2.04. The van der Waals surface area contributed by atoms with E-state index < -0.39 is 12.0 Å². The lowest BCUT2D eigenvalue weighted by Crippen LogP contribution is -2.52. The van der Waals surface area contributed by atoms with Crippen LogP contribution in [-0.4, -0.2) is 31.7 Å². The molecule has 0 radical (unpaired) electrons. The molecule has 1 heterocycles. The summed E-state index contributed by atoms with van der Waals surface area (Å²) in [5.41, 5.74) is 2.10. The van der Waals surface area contributed by atoms with Crippen LogP contribution in [0.4, 0.5) is 10.5 Å². The number of hydrogen-bond acceptors (Lipinski definition) is 3. The van der Waals surface area contributed by atoms with Crippen molar-refractivity contribution in [2.45, 2.75) is 39.2 Å². The van der Waals surface area contributed by atoms with Crippen molar-refractivity contribution in [1.29, 1.82) is 0 Å². The molecule has 0 saturated heterocycles. The predicted molar refractivity (Wildman–Crippen MR) is 85.9 cm³/mol. The van der Waals surface area contributed by atoms with Crippen LogP contribution in [0.2, 0.25) is 0 Å². The van der Waals surface area contributed by atoms with Gasteiger partial charge in [-0.15, -0.1) is 0 Å². The first-order valence-corrected chi connectivity index (χ1v) is 7.82. The molecule has 1 aliphatic rings. The summed E-state index contributed by atoms with van der Waals surface area (Å²) >= 11 is 0. The number of nitrogens with zero attached hydrogens (tertiary/aromatic N) is 1. The average molecular weight is 304 g/mol. The van der Waals surface area contributed by atoms with E-state index in [2.05, 4.69) is 5.32 Å². The van der Waals surface area contributed by atoms with Gasteiger partial charge in [0, 0.05) is 12.2 Å². The van der Waals surface area contributed by atoms with Crippen LogP contribution >= 0.6 is 0 Å². The minimum Gasteiger partial charge on any atom is -0.467 e. The highest BCUT2D eigenvalue weighted by molar-refractivity contribution is 5.95. The molecule has 0 aliphatic carbocycles. The Kier molecular flexibility index (Phi) is 5.41. The molecule has 1 aromatic rings. The fourth-order valence-corrected chi connectivity index (χ4v) is 2.75. The molecule has 2 atom stereocenters. The smallest absolute Gasteiger partial charge is 0.328 e. The standard InChI is InChI=1S/C17H24N2O3/c1-4-12(2)15(16(20)22-3)18-17(21)19-11-7-9-13-8-5-6-10-14(13)19/h5-6,8,10,12,15H,4,7,9,11H2,1-3H3,(H,18,21)/t12-,15+/m1/s1. The first kappa shape index (κ1) is 16.3. The van der Waals surface area contributed by atoms with E-state index in [1.807, 2.05) is 38.1 Å². The van der Waals surface area contributed by atoms with Gasteiger partial charge in [-0.3, -0.25) is 4.90 Å². The monoisotopic (exact) mass is 304 g/mol. The van der Waals surface area contributed by atoms with E-state index in [1.165, 1.54) is 12.7 Å². The largest absolute Gasteiger partial charge is 0.467 e. The average Bonchev–Trinajstić information content (AvgIpc) is 2.57. The van der Waals surface area contributed by atoms with Gasteiger partial charge in [0.25, 0.3) is 0 Å². The molecule has 5 heteroatoms. The van der Waals surface area contributed by atoms with Gasteiger partial charge in [-0.25, -0.2) is 9.59 Å². The Morgan fingerprint density at radius 3 is 2.77 bits per heavy atom. The third-order valence-corrected chi connectivity index (χ3v) is 4.30. The minimum atomic E-state index is -0.614. The van der Waals surface area contributed by atoms with Crippen molar-refractivity contribution in [2.24, 2.45) is 5.92 Å². The summed E-state index contributed by atoms with van der Waals surface area (Å²) in [5, 5.41) is 2.84. The van der Waals surface area contributed by atoms with Gasteiger partial charge in [-0.05, 0) is 30.4 Å². The zero-order valence-corrected chi connectivity index (χ0v) is 13.5. The number of anilines is 1. The van der Waals surface area contributed by atoms with Gasteiger partial charge in [0.05, 0.1) is 7.11 Å². The van der Waals surface area contributed by atoms with Crippen molar-refractivity contribution in [2.75, 3.05) is 18.6 Å². The predicted octanol–water partition coefficient (Wildman–Crippen LogP) is 2.74. The van der Waals surface area contributed by atoms with E-state index in [-0.39, 0.29) is 11.9 Å². The number of amides is 2. The quantitative estimate of drug-likeness (QED) is 0.870. The summed E-state index contributed by atoms with van der Waals surface area (Å²) in [6.45, 7) is 4.59. The summed E-state index contributed by atoms with van der Waals surface area (Å²) in [7, 11) is 1.35. The molecule has 5 nitrogen and oxygen atoms in total. The molecule has 22 heavy (non-hydrogen) atoms. The highest BCUT2D eigenvalue weighted by Gasteiger charge is 2.30. The van der Waals surface area contributed by atoms with E-state index in [0.717, 1.165) is 24.9 Å². The molecule has 1 aliphatic heterocycles. The Morgan fingerprint density at radius 1 is 1.36 bits per heavy atom. The fourth-order valence-electron chi connectivity index (χ4n) is 2.75. The number of nitrogens with one attached hydrogen (secondary N) is 1. The molecule has 0 bridgehead atoms. The summed E-state index contributed by atoms with van der Waals surface area (Å²) in [6.07, 6.45) is 2.69. The lowest BCUT2D eigenvalue weighted by atomic mass is 9.99. The number of esters is 1. The van der Waals surface area contributed by atoms with Gasteiger partial charge in [0.2, 0.25) is 0 Å². The van der Waals surface area contributed by atoms with Crippen LogP contribution in [0.3, 0.4) is 0 Å². The molecule has 0 saturated carbocycles. The molecule has 1 aromatic carbocycles. The van der Waals surface area contributed by atoms with E-state index in [9.17, 15) is 9.59 Å². The maximum absolute atomic E-state index is 12.6. The molecule has 2 amide bonds. The van der Waals surface area contributed by atoms with E-state index in [1.54, 1.807) is 4.90 Å².